The lowest BCUT2D eigenvalue weighted by atomic mass is 10.1. The first-order valence-corrected chi connectivity index (χ1v) is 7.08. The number of hydrogen-bond donors (Lipinski definition) is 1. The van der Waals surface area contributed by atoms with Gasteiger partial charge < -0.3 is 0 Å². The quantitative estimate of drug-likeness (QED) is 0.940. The standard InChI is InChI=1S/C13H13FN2O2S/c1-9-7-11(14)8-10(2)13(9)19(17,18)16-12-3-5-15-6-4-12/h3-8H,1-2H3,(H,15,16). The van der Waals surface area contributed by atoms with Gasteiger partial charge in [-0.2, -0.15) is 0 Å². The maximum absolute atomic E-state index is 13.2. The molecule has 0 spiro atoms. The molecule has 0 aliphatic rings. The molecule has 0 saturated heterocycles. The first kappa shape index (κ1) is 13.5. The summed E-state index contributed by atoms with van der Waals surface area (Å²) in [6.45, 7) is 3.13. The number of hydrogen-bond acceptors (Lipinski definition) is 3. The molecule has 2 aromatic rings. The molecule has 0 bridgehead atoms. The summed E-state index contributed by atoms with van der Waals surface area (Å²) in [5.74, 6) is -0.446. The first-order valence-electron chi connectivity index (χ1n) is 5.60. The van der Waals surface area contributed by atoms with Crippen molar-refractivity contribution >= 4 is 15.7 Å². The normalized spacial score (nSPS) is 11.3. The molecule has 0 unspecified atom stereocenters. The van der Waals surface area contributed by atoms with Crippen LogP contribution in [0.15, 0.2) is 41.6 Å². The molecule has 0 aliphatic heterocycles. The number of nitrogens with one attached hydrogen (secondary N) is 1. The maximum Gasteiger partial charge on any atom is 0.262 e. The summed E-state index contributed by atoms with van der Waals surface area (Å²) in [6, 6.07) is 5.50. The van der Waals surface area contributed by atoms with Gasteiger partial charge in [0.2, 0.25) is 0 Å². The lowest BCUT2D eigenvalue weighted by molar-refractivity contribution is 0.597. The van der Waals surface area contributed by atoms with Gasteiger partial charge in [-0.05, 0) is 49.2 Å². The minimum Gasteiger partial charge on any atom is -0.280 e. The summed E-state index contributed by atoms with van der Waals surface area (Å²) in [4.78, 5) is 3.91. The van der Waals surface area contributed by atoms with Crippen molar-refractivity contribution in [3.8, 4) is 0 Å². The fraction of sp³-hybridized carbons (Fsp3) is 0.154. The SMILES string of the molecule is Cc1cc(F)cc(C)c1S(=O)(=O)Nc1ccncc1. The molecule has 1 aromatic heterocycles. The van der Waals surface area contributed by atoms with Gasteiger partial charge in [0, 0.05) is 12.4 Å². The number of rotatable bonds is 3. The molecule has 6 heteroatoms. The molecule has 1 heterocycles. The highest BCUT2D eigenvalue weighted by Gasteiger charge is 2.20. The zero-order valence-electron chi connectivity index (χ0n) is 10.5. The third-order valence-corrected chi connectivity index (χ3v) is 4.31. The highest BCUT2D eigenvalue weighted by Crippen LogP contribution is 2.23. The molecule has 4 nitrogen and oxygen atoms in total. The lowest BCUT2D eigenvalue weighted by Gasteiger charge is -2.12. The van der Waals surface area contributed by atoms with E-state index >= 15 is 0 Å². The van der Waals surface area contributed by atoms with Gasteiger partial charge in [0.05, 0.1) is 10.6 Å². The Kier molecular flexibility index (Phi) is 3.53. The van der Waals surface area contributed by atoms with Crippen LogP contribution >= 0.6 is 0 Å². The van der Waals surface area contributed by atoms with Crippen molar-refractivity contribution in [3.05, 3.63) is 53.6 Å². The van der Waals surface area contributed by atoms with Crippen LogP contribution in [0.25, 0.3) is 0 Å². The Morgan fingerprint density at radius 3 is 2.16 bits per heavy atom. The van der Waals surface area contributed by atoms with E-state index in [1.54, 1.807) is 26.0 Å². The minimum atomic E-state index is -3.74. The minimum absolute atomic E-state index is 0.103. The summed E-state index contributed by atoms with van der Waals surface area (Å²) in [5.41, 5.74) is 1.16. The fourth-order valence-electron chi connectivity index (χ4n) is 1.95. The fourth-order valence-corrected chi connectivity index (χ4v) is 3.46. The molecule has 0 fully saturated rings. The molecule has 1 N–H and O–H groups in total. The molecular formula is C13H13FN2O2S. The second-order valence-corrected chi connectivity index (χ2v) is 5.83. The van der Waals surface area contributed by atoms with E-state index in [9.17, 15) is 12.8 Å². The molecule has 19 heavy (non-hydrogen) atoms. The average Bonchev–Trinajstić information content (AvgIpc) is 2.27. The largest absolute Gasteiger partial charge is 0.280 e. The van der Waals surface area contributed by atoms with E-state index < -0.39 is 15.8 Å². The van der Waals surface area contributed by atoms with Crippen LogP contribution in [0.3, 0.4) is 0 Å². The molecule has 2 rings (SSSR count). The number of aryl methyl sites for hydroxylation is 2. The number of nitrogens with zero attached hydrogens (tertiary/aromatic N) is 1. The average molecular weight is 280 g/mol. The van der Waals surface area contributed by atoms with Gasteiger partial charge in [-0.3, -0.25) is 9.71 Å². The molecule has 0 atom stereocenters. The third kappa shape index (κ3) is 2.90. The van der Waals surface area contributed by atoms with Crippen LogP contribution in [0, 0.1) is 19.7 Å². The van der Waals surface area contributed by atoms with Crippen molar-refractivity contribution in [3.63, 3.8) is 0 Å². The molecular weight excluding hydrogens is 267 g/mol. The second-order valence-electron chi connectivity index (χ2n) is 4.21. The molecule has 0 amide bonds. The van der Waals surface area contributed by atoms with Crippen molar-refractivity contribution in [2.45, 2.75) is 18.7 Å². The Balaban J connectivity index is 2.46. The van der Waals surface area contributed by atoms with Crippen molar-refractivity contribution in [1.82, 2.24) is 4.98 Å². The van der Waals surface area contributed by atoms with Crippen molar-refractivity contribution in [2.75, 3.05) is 4.72 Å². The van der Waals surface area contributed by atoms with Gasteiger partial charge in [0.1, 0.15) is 5.82 Å². The predicted octanol–water partition coefficient (Wildman–Crippen LogP) is 2.64. The maximum atomic E-state index is 13.2. The number of pyridine rings is 1. The van der Waals surface area contributed by atoms with E-state index in [2.05, 4.69) is 9.71 Å². The van der Waals surface area contributed by atoms with E-state index in [-0.39, 0.29) is 4.90 Å². The van der Waals surface area contributed by atoms with E-state index in [0.717, 1.165) is 0 Å². The topological polar surface area (TPSA) is 59.1 Å². The zero-order valence-corrected chi connectivity index (χ0v) is 11.3. The van der Waals surface area contributed by atoms with Crippen LogP contribution in [0.5, 0.6) is 0 Å². The Labute approximate surface area is 111 Å². The second kappa shape index (κ2) is 4.97. The summed E-state index contributed by atoms with van der Waals surface area (Å²) in [7, 11) is -3.74. The summed E-state index contributed by atoms with van der Waals surface area (Å²) in [6.07, 6.45) is 2.98. The van der Waals surface area contributed by atoms with Crippen LogP contribution in [0.1, 0.15) is 11.1 Å². The number of anilines is 1. The van der Waals surface area contributed by atoms with E-state index in [4.69, 9.17) is 0 Å². The highest BCUT2D eigenvalue weighted by molar-refractivity contribution is 7.92. The Bertz CT molecular complexity index is 677. The number of halogens is 1. The highest BCUT2D eigenvalue weighted by atomic mass is 32.2. The zero-order chi connectivity index (χ0) is 14.0. The number of benzene rings is 1. The van der Waals surface area contributed by atoms with Crippen LogP contribution in [0.2, 0.25) is 0 Å². The van der Waals surface area contributed by atoms with Crippen LogP contribution in [-0.2, 0) is 10.0 Å². The van der Waals surface area contributed by atoms with E-state index in [0.29, 0.717) is 16.8 Å². The third-order valence-electron chi connectivity index (χ3n) is 2.63. The van der Waals surface area contributed by atoms with Gasteiger partial charge in [0.15, 0.2) is 0 Å². The van der Waals surface area contributed by atoms with Crippen molar-refractivity contribution in [1.29, 1.82) is 0 Å². The van der Waals surface area contributed by atoms with Gasteiger partial charge in [0.25, 0.3) is 10.0 Å². The Hall–Kier alpha value is -1.95. The summed E-state index contributed by atoms with van der Waals surface area (Å²) < 4.78 is 40.2. The Morgan fingerprint density at radius 2 is 1.63 bits per heavy atom. The first-order chi connectivity index (χ1) is 8.90. The summed E-state index contributed by atoms with van der Waals surface area (Å²) in [5, 5.41) is 0. The molecule has 100 valence electrons. The summed E-state index contributed by atoms with van der Waals surface area (Å²) >= 11 is 0. The van der Waals surface area contributed by atoms with Crippen LogP contribution in [0.4, 0.5) is 10.1 Å². The smallest absolute Gasteiger partial charge is 0.262 e. The van der Waals surface area contributed by atoms with Crippen molar-refractivity contribution < 1.29 is 12.8 Å². The number of sulfonamides is 1. The van der Waals surface area contributed by atoms with Crippen LogP contribution < -0.4 is 4.72 Å². The van der Waals surface area contributed by atoms with Gasteiger partial charge in [-0.15, -0.1) is 0 Å². The van der Waals surface area contributed by atoms with E-state index in [1.165, 1.54) is 24.5 Å². The molecule has 1 aromatic carbocycles. The predicted molar refractivity (Wildman–Crippen MR) is 70.9 cm³/mol. The molecule has 0 radical (unpaired) electrons. The molecule has 0 saturated carbocycles. The van der Waals surface area contributed by atoms with Crippen molar-refractivity contribution in [2.24, 2.45) is 0 Å². The van der Waals surface area contributed by atoms with Crippen LogP contribution in [-0.4, -0.2) is 13.4 Å². The lowest BCUT2D eigenvalue weighted by Crippen LogP contribution is -2.16. The van der Waals surface area contributed by atoms with E-state index in [1.807, 2.05) is 0 Å². The Morgan fingerprint density at radius 1 is 1.11 bits per heavy atom. The molecule has 0 aliphatic carbocycles. The monoisotopic (exact) mass is 280 g/mol. The van der Waals surface area contributed by atoms with Gasteiger partial charge in [-0.25, -0.2) is 12.8 Å². The van der Waals surface area contributed by atoms with Gasteiger partial charge >= 0.3 is 0 Å². The van der Waals surface area contributed by atoms with Gasteiger partial charge in [-0.1, -0.05) is 0 Å². The number of aromatic nitrogens is 1.